The second kappa shape index (κ2) is 10.6. The highest BCUT2D eigenvalue weighted by Gasteiger charge is 2.32. The molecular formula is C18H23N3O4S. The van der Waals surface area contributed by atoms with Crippen molar-refractivity contribution in [2.45, 2.75) is 44.3 Å². The number of rotatable bonds is 10. The molecule has 8 heteroatoms. The van der Waals surface area contributed by atoms with Crippen molar-refractivity contribution in [3.05, 3.63) is 29.8 Å². The molecule has 0 radical (unpaired) electrons. The summed E-state index contributed by atoms with van der Waals surface area (Å²) in [6.45, 7) is 2.82. The molecular weight excluding hydrogens is 354 g/mol. The predicted octanol–water partition coefficient (Wildman–Crippen LogP) is 3.04. The number of unbranched alkanes of at least 4 members (excludes halogenated alkanes) is 3. The third-order valence-electron chi connectivity index (χ3n) is 3.66. The molecule has 1 atom stereocenters. The molecule has 0 spiro atoms. The van der Waals surface area contributed by atoms with Gasteiger partial charge in [-0.2, -0.15) is 5.10 Å². The largest absolute Gasteiger partial charge is 0.493 e. The molecule has 0 aromatic heterocycles. The summed E-state index contributed by atoms with van der Waals surface area (Å²) in [4.78, 5) is 22.4. The van der Waals surface area contributed by atoms with E-state index in [1.807, 2.05) is 24.3 Å². The van der Waals surface area contributed by atoms with Gasteiger partial charge in [0, 0.05) is 5.56 Å². The van der Waals surface area contributed by atoms with E-state index in [-0.39, 0.29) is 12.3 Å². The lowest BCUT2D eigenvalue weighted by Gasteiger charge is -2.08. The Morgan fingerprint density at radius 3 is 2.92 bits per heavy atom. The fraction of sp³-hybridized carbons (Fsp3) is 0.444. The van der Waals surface area contributed by atoms with Gasteiger partial charge in [0.2, 0.25) is 5.91 Å². The molecule has 7 nitrogen and oxygen atoms in total. The van der Waals surface area contributed by atoms with Crippen LogP contribution in [0.15, 0.2) is 34.5 Å². The van der Waals surface area contributed by atoms with Crippen LogP contribution in [0.5, 0.6) is 5.75 Å². The molecule has 140 valence electrons. The minimum Gasteiger partial charge on any atom is -0.493 e. The molecule has 1 unspecified atom stereocenters. The van der Waals surface area contributed by atoms with Crippen LogP contribution < -0.4 is 10.1 Å². The summed E-state index contributed by atoms with van der Waals surface area (Å²) in [5, 5.41) is 18.9. The topological polar surface area (TPSA) is 100 Å². The molecule has 1 aromatic rings. The monoisotopic (exact) mass is 377 g/mol. The minimum absolute atomic E-state index is 0.242. The second-order valence-electron chi connectivity index (χ2n) is 5.79. The van der Waals surface area contributed by atoms with Crippen molar-refractivity contribution in [2.24, 2.45) is 10.2 Å². The fourth-order valence-electron chi connectivity index (χ4n) is 2.32. The molecule has 1 aromatic carbocycles. The molecule has 0 aliphatic carbocycles. The maximum absolute atomic E-state index is 11.7. The number of carbonyl (C=O) groups is 2. The molecule has 1 amide bonds. The average Bonchev–Trinajstić information content (AvgIpc) is 2.95. The first-order valence-electron chi connectivity index (χ1n) is 8.62. The minimum atomic E-state index is -1.02. The molecule has 1 aliphatic heterocycles. The summed E-state index contributed by atoms with van der Waals surface area (Å²) in [5.74, 6) is -0.644. The lowest BCUT2D eigenvalue weighted by molar-refractivity contribution is -0.138. The normalized spacial score (nSPS) is 18.4. The maximum atomic E-state index is 11.7. The lowest BCUT2D eigenvalue weighted by atomic mass is 10.2. The highest BCUT2D eigenvalue weighted by Crippen LogP contribution is 2.22. The van der Waals surface area contributed by atoms with Crippen molar-refractivity contribution in [2.75, 3.05) is 6.61 Å². The summed E-state index contributed by atoms with van der Waals surface area (Å²) in [6.07, 6.45) is 5.87. The number of aliphatic carboxylic acids is 1. The van der Waals surface area contributed by atoms with Gasteiger partial charge in [-0.25, -0.2) is 0 Å². The zero-order valence-corrected chi connectivity index (χ0v) is 15.5. The maximum Gasteiger partial charge on any atom is 0.305 e. The number of amides is 1. The van der Waals surface area contributed by atoms with Crippen LogP contribution >= 0.6 is 11.8 Å². The van der Waals surface area contributed by atoms with Gasteiger partial charge in [0.25, 0.3) is 0 Å². The average molecular weight is 377 g/mol. The van der Waals surface area contributed by atoms with Gasteiger partial charge >= 0.3 is 5.97 Å². The molecule has 2 N–H and O–H groups in total. The van der Waals surface area contributed by atoms with Crippen molar-refractivity contribution in [3.8, 4) is 5.75 Å². The summed E-state index contributed by atoms with van der Waals surface area (Å²) in [7, 11) is 0. The van der Waals surface area contributed by atoms with Crippen LogP contribution in [0.2, 0.25) is 0 Å². The first-order chi connectivity index (χ1) is 12.6. The first kappa shape index (κ1) is 20.0. The van der Waals surface area contributed by atoms with Gasteiger partial charge in [0.15, 0.2) is 5.17 Å². The van der Waals surface area contributed by atoms with Crippen LogP contribution in [0.25, 0.3) is 0 Å². The smallest absolute Gasteiger partial charge is 0.305 e. The number of carboxylic acids is 1. The Labute approximate surface area is 156 Å². The molecule has 1 heterocycles. The van der Waals surface area contributed by atoms with E-state index in [9.17, 15) is 9.59 Å². The van der Waals surface area contributed by atoms with Crippen molar-refractivity contribution in [3.63, 3.8) is 0 Å². The number of amidine groups is 1. The molecule has 1 fully saturated rings. The Morgan fingerprint density at radius 2 is 2.15 bits per heavy atom. The Balaban J connectivity index is 1.92. The van der Waals surface area contributed by atoms with Crippen LogP contribution in [0.3, 0.4) is 0 Å². The van der Waals surface area contributed by atoms with Crippen LogP contribution in [0.1, 0.15) is 44.6 Å². The number of benzene rings is 1. The second-order valence-corrected chi connectivity index (χ2v) is 6.98. The van der Waals surface area contributed by atoms with Gasteiger partial charge in [0.1, 0.15) is 11.0 Å². The number of carboxylic acid groups (broad SMARTS) is 1. The van der Waals surface area contributed by atoms with E-state index >= 15 is 0 Å². The van der Waals surface area contributed by atoms with Crippen LogP contribution in [-0.2, 0) is 9.59 Å². The van der Waals surface area contributed by atoms with Gasteiger partial charge in [0.05, 0.1) is 19.2 Å². The molecule has 0 saturated carbocycles. The first-order valence-corrected chi connectivity index (χ1v) is 9.50. The number of thioether (sulfide) groups is 1. The third kappa shape index (κ3) is 6.51. The number of hydrogen-bond acceptors (Lipinski definition) is 6. The Hall–Kier alpha value is -2.35. The number of para-hydroxylation sites is 1. The van der Waals surface area contributed by atoms with E-state index in [4.69, 9.17) is 9.84 Å². The highest BCUT2D eigenvalue weighted by atomic mass is 32.2. The third-order valence-corrected chi connectivity index (χ3v) is 4.73. The van der Waals surface area contributed by atoms with Crippen LogP contribution in [-0.4, -0.2) is 40.2 Å². The SMILES string of the molecule is CCCCCCOc1ccccc1C=NN=C1NC(=O)C(CC(=O)O)S1. The molecule has 1 aliphatic rings. The molecule has 0 bridgehead atoms. The number of hydrogen-bond donors (Lipinski definition) is 2. The van der Waals surface area contributed by atoms with Gasteiger partial charge in [-0.1, -0.05) is 50.1 Å². The zero-order chi connectivity index (χ0) is 18.8. The lowest BCUT2D eigenvalue weighted by Crippen LogP contribution is -2.26. The van der Waals surface area contributed by atoms with E-state index < -0.39 is 11.2 Å². The van der Waals surface area contributed by atoms with E-state index in [1.54, 1.807) is 6.21 Å². The summed E-state index contributed by atoms with van der Waals surface area (Å²) in [6, 6.07) is 7.53. The van der Waals surface area contributed by atoms with Gasteiger partial charge in [-0.3, -0.25) is 9.59 Å². The molecule has 1 saturated heterocycles. The molecule has 2 rings (SSSR count). The number of ether oxygens (including phenoxy) is 1. The van der Waals surface area contributed by atoms with E-state index in [2.05, 4.69) is 22.4 Å². The summed E-state index contributed by atoms with van der Waals surface area (Å²) < 4.78 is 5.80. The summed E-state index contributed by atoms with van der Waals surface area (Å²) in [5.41, 5.74) is 0.795. The van der Waals surface area contributed by atoms with E-state index in [0.717, 1.165) is 35.9 Å². The van der Waals surface area contributed by atoms with E-state index in [1.165, 1.54) is 12.8 Å². The van der Waals surface area contributed by atoms with E-state index in [0.29, 0.717) is 11.8 Å². The van der Waals surface area contributed by atoms with Crippen molar-refractivity contribution < 1.29 is 19.4 Å². The Bertz CT molecular complexity index is 691. The number of carbonyl (C=O) groups excluding carboxylic acids is 1. The van der Waals surface area contributed by atoms with Crippen molar-refractivity contribution in [1.82, 2.24) is 5.32 Å². The highest BCUT2D eigenvalue weighted by molar-refractivity contribution is 8.15. The Morgan fingerprint density at radius 1 is 1.35 bits per heavy atom. The van der Waals surface area contributed by atoms with Crippen LogP contribution in [0, 0.1) is 0 Å². The van der Waals surface area contributed by atoms with Gasteiger partial charge < -0.3 is 15.2 Å². The predicted molar refractivity (Wildman–Crippen MR) is 103 cm³/mol. The standard InChI is InChI=1S/C18H23N3O4S/c1-2-3-4-7-10-25-14-9-6-5-8-13(14)12-19-21-18-20-17(24)15(26-18)11-16(22)23/h5-6,8-9,12,15H,2-4,7,10-11H2,1H3,(H,22,23)(H,20,21,24). The van der Waals surface area contributed by atoms with Crippen molar-refractivity contribution in [1.29, 1.82) is 0 Å². The summed E-state index contributed by atoms with van der Waals surface area (Å²) >= 11 is 1.07. The number of nitrogens with zero attached hydrogens (tertiary/aromatic N) is 2. The zero-order valence-electron chi connectivity index (χ0n) is 14.7. The van der Waals surface area contributed by atoms with Crippen molar-refractivity contribution >= 4 is 35.0 Å². The Kier molecular flexibility index (Phi) is 8.14. The number of nitrogens with one attached hydrogen (secondary N) is 1. The fourth-order valence-corrected chi connectivity index (χ4v) is 3.23. The quantitative estimate of drug-likeness (QED) is 0.371. The molecule has 26 heavy (non-hydrogen) atoms. The van der Waals surface area contributed by atoms with Gasteiger partial charge in [-0.15, -0.1) is 5.10 Å². The van der Waals surface area contributed by atoms with Crippen LogP contribution in [0.4, 0.5) is 0 Å². The van der Waals surface area contributed by atoms with Gasteiger partial charge in [-0.05, 0) is 18.6 Å².